The van der Waals surface area contributed by atoms with Gasteiger partial charge in [0, 0.05) is 31.1 Å². The largest absolute Gasteiger partial charge is 0.452 e. The maximum Gasteiger partial charge on any atom is 0.169 e. The van der Waals surface area contributed by atoms with Gasteiger partial charge >= 0.3 is 0 Å². The van der Waals surface area contributed by atoms with Crippen LogP contribution in [-0.2, 0) is 0 Å². The molecule has 0 aromatic carbocycles. The molecule has 0 unspecified atom stereocenters. The van der Waals surface area contributed by atoms with E-state index in [-0.39, 0.29) is 6.04 Å². The first-order valence-corrected chi connectivity index (χ1v) is 7.75. The van der Waals surface area contributed by atoms with Crippen LogP contribution in [-0.4, -0.2) is 31.1 Å². The number of nitrogens with zero attached hydrogens (tertiary/aromatic N) is 1. The van der Waals surface area contributed by atoms with Crippen molar-refractivity contribution < 1.29 is 4.42 Å². The maximum absolute atomic E-state index is 5.78. The van der Waals surface area contributed by atoms with Crippen molar-refractivity contribution in [3.8, 4) is 0 Å². The molecule has 0 spiro atoms. The first kappa shape index (κ1) is 12.4. The Bertz CT molecular complexity index is 491. The van der Waals surface area contributed by atoms with E-state index in [1.54, 1.807) is 11.3 Å². The molecule has 2 aromatic rings. The molecule has 1 fully saturated rings. The smallest absolute Gasteiger partial charge is 0.169 e. The Kier molecular flexibility index (Phi) is 3.84. The van der Waals surface area contributed by atoms with Crippen LogP contribution in [0.5, 0.6) is 0 Å². The number of furan rings is 1. The Morgan fingerprint density at radius 3 is 2.72 bits per heavy atom. The van der Waals surface area contributed by atoms with Gasteiger partial charge in [-0.1, -0.05) is 6.07 Å². The highest BCUT2D eigenvalue weighted by Gasteiger charge is 2.27. The van der Waals surface area contributed by atoms with Gasteiger partial charge in [0.25, 0.3) is 0 Å². The molecular weight excluding hydrogens is 312 g/mol. The van der Waals surface area contributed by atoms with Crippen molar-refractivity contribution in [3.63, 3.8) is 0 Å². The van der Waals surface area contributed by atoms with Crippen molar-refractivity contribution >= 4 is 27.3 Å². The standard InChI is InChI=1S/C13H15BrN2OS/c14-12-4-3-10(17-12)13(11-2-1-9-18-11)16-7-5-15-6-8-16/h1-4,9,13,15H,5-8H2/t13-/m1/s1. The summed E-state index contributed by atoms with van der Waals surface area (Å²) < 4.78 is 6.58. The minimum atomic E-state index is 0.249. The maximum atomic E-state index is 5.78. The Hall–Kier alpha value is -0.620. The lowest BCUT2D eigenvalue weighted by molar-refractivity contribution is 0.181. The van der Waals surface area contributed by atoms with Crippen LogP contribution in [0.2, 0.25) is 0 Å². The monoisotopic (exact) mass is 326 g/mol. The zero-order chi connectivity index (χ0) is 12.4. The van der Waals surface area contributed by atoms with Gasteiger partial charge in [-0.15, -0.1) is 11.3 Å². The van der Waals surface area contributed by atoms with E-state index in [0.717, 1.165) is 36.6 Å². The molecule has 0 aliphatic carbocycles. The lowest BCUT2D eigenvalue weighted by Crippen LogP contribution is -2.45. The topological polar surface area (TPSA) is 28.4 Å². The molecule has 18 heavy (non-hydrogen) atoms. The summed E-state index contributed by atoms with van der Waals surface area (Å²) in [6.07, 6.45) is 0. The molecule has 1 N–H and O–H groups in total. The minimum absolute atomic E-state index is 0.249. The third-order valence-corrected chi connectivity index (χ3v) is 4.54. The molecule has 5 heteroatoms. The molecule has 2 aromatic heterocycles. The van der Waals surface area contributed by atoms with Crippen LogP contribution >= 0.6 is 27.3 Å². The van der Waals surface area contributed by atoms with Gasteiger partial charge < -0.3 is 9.73 Å². The normalized spacial score (nSPS) is 18.9. The first-order valence-electron chi connectivity index (χ1n) is 6.08. The highest BCUT2D eigenvalue weighted by atomic mass is 79.9. The lowest BCUT2D eigenvalue weighted by Gasteiger charge is -2.33. The SMILES string of the molecule is Brc1ccc([C@H](c2cccs2)N2CCNCC2)o1. The predicted octanol–water partition coefficient (Wildman–Crippen LogP) is 3.10. The van der Waals surface area contributed by atoms with E-state index in [4.69, 9.17) is 4.42 Å². The van der Waals surface area contributed by atoms with E-state index in [1.807, 2.05) is 6.07 Å². The van der Waals surface area contributed by atoms with Gasteiger partial charge in [-0.3, -0.25) is 4.90 Å². The van der Waals surface area contributed by atoms with Crippen molar-refractivity contribution in [1.29, 1.82) is 0 Å². The van der Waals surface area contributed by atoms with Crippen LogP contribution in [0.1, 0.15) is 16.7 Å². The molecule has 0 amide bonds. The van der Waals surface area contributed by atoms with Crippen LogP contribution in [0.25, 0.3) is 0 Å². The molecule has 3 rings (SSSR count). The van der Waals surface area contributed by atoms with Gasteiger partial charge in [-0.2, -0.15) is 0 Å². The van der Waals surface area contributed by atoms with Crippen molar-refractivity contribution in [3.05, 3.63) is 45.0 Å². The molecule has 1 saturated heterocycles. The molecule has 96 valence electrons. The third-order valence-electron chi connectivity index (χ3n) is 3.19. The minimum Gasteiger partial charge on any atom is -0.452 e. The van der Waals surface area contributed by atoms with Gasteiger partial charge in [0.15, 0.2) is 4.67 Å². The van der Waals surface area contributed by atoms with E-state index in [0.29, 0.717) is 0 Å². The van der Waals surface area contributed by atoms with Gasteiger partial charge in [0.05, 0.1) is 0 Å². The highest BCUT2D eigenvalue weighted by molar-refractivity contribution is 9.10. The van der Waals surface area contributed by atoms with E-state index < -0.39 is 0 Å². The van der Waals surface area contributed by atoms with E-state index in [2.05, 4.69) is 49.7 Å². The van der Waals surface area contributed by atoms with Crippen molar-refractivity contribution in [1.82, 2.24) is 10.2 Å². The van der Waals surface area contributed by atoms with Crippen molar-refractivity contribution in [2.24, 2.45) is 0 Å². The number of hydrogen-bond acceptors (Lipinski definition) is 4. The molecule has 0 radical (unpaired) electrons. The molecule has 0 saturated carbocycles. The Balaban J connectivity index is 1.92. The summed E-state index contributed by atoms with van der Waals surface area (Å²) in [5.74, 6) is 1.02. The van der Waals surface area contributed by atoms with E-state index in [9.17, 15) is 0 Å². The highest BCUT2D eigenvalue weighted by Crippen LogP contribution is 2.33. The van der Waals surface area contributed by atoms with Crippen LogP contribution in [0.15, 0.2) is 38.7 Å². The number of halogens is 1. The second kappa shape index (κ2) is 5.57. The van der Waals surface area contributed by atoms with Crippen LogP contribution < -0.4 is 5.32 Å². The summed E-state index contributed by atoms with van der Waals surface area (Å²) in [5, 5.41) is 5.52. The first-order chi connectivity index (χ1) is 8.84. The molecule has 3 nitrogen and oxygen atoms in total. The van der Waals surface area contributed by atoms with Crippen LogP contribution in [0.4, 0.5) is 0 Å². The summed E-state index contributed by atoms with van der Waals surface area (Å²) in [6.45, 7) is 4.20. The van der Waals surface area contributed by atoms with E-state index >= 15 is 0 Å². The van der Waals surface area contributed by atoms with Gasteiger partial charge in [0.2, 0.25) is 0 Å². The lowest BCUT2D eigenvalue weighted by atomic mass is 10.1. The van der Waals surface area contributed by atoms with E-state index in [1.165, 1.54) is 4.88 Å². The third kappa shape index (κ3) is 2.54. The Labute approximate surface area is 119 Å². The average molecular weight is 327 g/mol. The fourth-order valence-corrected chi connectivity index (χ4v) is 3.55. The summed E-state index contributed by atoms with van der Waals surface area (Å²) in [4.78, 5) is 3.83. The van der Waals surface area contributed by atoms with Gasteiger partial charge in [-0.05, 0) is 39.5 Å². The number of thiophene rings is 1. The fraction of sp³-hybridized carbons (Fsp3) is 0.385. The summed E-state index contributed by atoms with van der Waals surface area (Å²) in [6, 6.07) is 8.58. The van der Waals surface area contributed by atoms with Crippen molar-refractivity contribution in [2.45, 2.75) is 6.04 Å². The number of rotatable bonds is 3. The molecule has 1 aliphatic rings. The molecule has 1 atom stereocenters. The zero-order valence-electron chi connectivity index (χ0n) is 9.93. The van der Waals surface area contributed by atoms with Crippen LogP contribution in [0, 0.1) is 0 Å². The summed E-state index contributed by atoms with van der Waals surface area (Å²) in [5.41, 5.74) is 0. The summed E-state index contributed by atoms with van der Waals surface area (Å²) in [7, 11) is 0. The van der Waals surface area contributed by atoms with Gasteiger partial charge in [-0.25, -0.2) is 0 Å². The average Bonchev–Trinajstić information content (AvgIpc) is 3.04. The predicted molar refractivity (Wildman–Crippen MR) is 77.0 cm³/mol. The van der Waals surface area contributed by atoms with Crippen LogP contribution in [0.3, 0.4) is 0 Å². The number of hydrogen-bond donors (Lipinski definition) is 1. The zero-order valence-corrected chi connectivity index (χ0v) is 12.3. The fourth-order valence-electron chi connectivity index (χ4n) is 2.36. The quantitative estimate of drug-likeness (QED) is 0.939. The second-order valence-electron chi connectivity index (χ2n) is 4.35. The number of nitrogens with one attached hydrogen (secondary N) is 1. The second-order valence-corrected chi connectivity index (χ2v) is 6.11. The molecule has 0 bridgehead atoms. The number of piperazine rings is 1. The molecule has 3 heterocycles. The Morgan fingerprint density at radius 1 is 1.28 bits per heavy atom. The summed E-state index contributed by atoms with van der Waals surface area (Å²) >= 11 is 5.19. The Morgan fingerprint density at radius 2 is 2.11 bits per heavy atom. The molecular formula is C13H15BrN2OS. The van der Waals surface area contributed by atoms with Crippen molar-refractivity contribution in [2.75, 3.05) is 26.2 Å². The molecule has 1 aliphatic heterocycles. The van der Waals surface area contributed by atoms with Gasteiger partial charge in [0.1, 0.15) is 11.8 Å².